The molecule has 3 aromatic rings. The lowest BCUT2D eigenvalue weighted by Gasteiger charge is -2.29. The number of para-hydroxylation sites is 2. The molecule has 174 valence electrons. The maximum Gasteiger partial charge on any atom is 0.407 e. The van der Waals surface area contributed by atoms with Crippen LogP contribution in [0.3, 0.4) is 0 Å². The van der Waals surface area contributed by atoms with Gasteiger partial charge in [0.25, 0.3) is 0 Å². The van der Waals surface area contributed by atoms with Crippen molar-refractivity contribution in [3.63, 3.8) is 0 Å². The number of fused-ring (bicyclic) bond motifs is 1. The Balaban J connectivity index is 1.36. The standard InChI is InChI=1S/C26H33N5O2/c1-26(2,3)33-25(32)27-17-18-13-15-20(16-14-18)29-24-30-22-12-8-7-11-21(22)23(31-24)28-19-9-5-4-6-10-19/h4-12,18,20H,13-17H2,1-3H3,(H,27,32)(H2,28,29,30,31). The fourth-order valence-electron chi connectivity index (χ4n) is 4.13. The van der Waals surface area contributed by atoms with Crippen LogP contribution in [0.5, 0.6) is 0 Å². The van der Waals surface area contributed by atoms with Crippen molar-refractivity contribution in [3.8, 4) is 0 Å². The number of anilines is 3. The molecule has 1 amide bonds. The van der Waals surface area contributed by atoms with Crippen LogP contribution in [0, 0.1) is 5.92 Å². The highest BCUT2D eigenvalue weighted by molar-refractivity contribution is 5.91. The van der Waals surface area contributed by atoms with Crippen molar-refractivity contribution < 1.29 is 9.53 Å². The second-order valence-electron chi connectivity index (χ2n) is 9.65. The summed E-state index contributed by atoms with van der Waals surface area (Å²) in [5, 5.41) is 10.9. The van der Waals surface area contributed by atoms with Gasteiger partial charge in [-0.25, -0.2) is 9.78 Å². The summed E-state index contributed by atoms with van der Waals surface area (Å²) in [6.45, 7) is 6.27. The summed E-state index contributed by atoms with van der Waals surface area (Å²) in [5.74, 6) is 1.90. The van der Waals surface area contributed by atoms with Crippen LogP contribution in [0.15, 0.2) is 54.6 Å². The Kier molecular flexibility index (Phi) is 6.96. The fraction of sp³-hybridized carbons (Fsp3) is 0.423. The summed E-state index contributed by atoms with van der Waals surface area (Å²) in [7, 11) is 0. The van der Waals surface area contributed by atoms with E-state index < -0.39 is 5.60 Å². The molecule has 4 rings (SSSR count). The number of ether oxygens (including phenoxy) is 1. The highest BCUT2D eigenvalue weighted by Crippen LogP contribution is 2.28. The Morgan fingerprint density at radius 3 is 2.39 bits per heavy atom. The number of rotatable bonds is 6. The van der Waals surface area contributed by atoms with Crippen LogP contribution < -0.4 is 16.0 Å². The minimum absolute atomic E-state index is 0.313. The third kappa shape index (κ3) is 6.57. The van der Waals surface area contributed by atoms with E-state index in [0.29, 0.717) is 24.5 Å². The number of aromatic nitrogens is 2. The van der Waals surface area contributed by atoms with Gasteiger partial charge in [0.15, 0.2) is 0 Å². The maximum absolute atomic E-state index is 11.9. The molecule has 1 heterocycles. The van der Waals surface area contributed by atoms with Gasteiger partial charge in [0.05, 0.1) is 5.52 Å². The molecule has 1 fully saturated rings. The number of carbonyl (C=O) groups excluding carboxylic acids is 1. The van der Waals surface area contributed by atoms with E-state index in [1.165, 1.54) is 0 Å². The average molecular weight is 448 g/mol. The van der Waals surface area contributed by atoms with Gasteiger partial charge in [0.1, 0.15) is 11.4 Å². The van der Waals surface area contributed by atoms with Gasteiger partial charge in [-0.15, -0.1) is 0 Å². The van der Waals surface area contributed by atoms with E-state index in [1.807, 2.05) is 75.4 Å². The van der Waals surface area contributed by atoms with E-state index in [2.05, 4.69) is 16.0 Å². The van der Waals surface area contributed by atoms with Crippen LogP contribution in [0.2, 0.25) is 0 Å². The highest BCUT2D eigenvalue weighted by atomic mass is 16.6. The van der Waals surface area contributed by atoms with Gasteiger partial charge in [-0.1, -0.05) is 30.3 Å². The van der Waals surface area contributed by atoms with E-state index >= 15 is 0 Å². The lowest BCUT2D eigenvalue weighted by atomic mass is 9.86. The highest BCUT2D eigenvalue weighted by Gasteiger charge is 2.23. The molecule has 0 bridgehead atoms. The lowest BCUT2D eigenvalue weighted by molar-refractivity contribution is 0.0515. The summed E-state index contributed by atoms with van der Waals surface area (Å²) in [6.07, 6.45) is 3.76. The van der Waals surface area contributed by atoms with E-state index in [0.717, 1.165) is 48.1 Å². The van der Waals surface area contributed by atoms with Crippen molar-refractivity contribution in [1.29, 1.82) is 0 Å². The molecule has 1 aliphatic carbocycles. The number of nitrogens with zero attached hydrogens (tertiary/aromatic N) is 2. The molecule has 0 saturated heterocycles. The van der Waals surface area contributed by atoms with E-state index in [4.69, 9.17) is 14.7 Å². The van der Waals surface area contributed by atoms with Crippen molar-refractivity contribution >= 4 is 34.4 Å². The average Bonchev–Trinajstić information content (AvgIpc) is 2.78. The number of hydrogen-bond acceptors (Lipinski definition) is 6. The molecule has 3 N–H and O–H groups in total. The van der Waals surface area contributed by atoms with Crippen LogP contribution in [0.25, 0.3) is 10.9 Å². The number of benzene rings is 2. The van der Waals surface area contributed by atoms with Crippen molar-refractivity contribution in [3.05, 3.63) is 54.6 Å². The molecule has 1 aliphatic rings. The van der Waals surface area contributed by atoms with Crippen molar-refractivity contribution in [2.45, 2.75) is 58.1 Å². The molecule has 7 heteroatoms. The molecule has 7 nitrogen and oxygen atoms in total. The largest absolute Gasteiger partial charge is 0.444 e. The second-order valence-corrected chi connectivity index (χ2v) is 9.65. The Hall–Kier alpha value is -3.35. The Labute approximate surface area is 195 Å². The number of alkyl carbamates (subject to hydrolysis) is 1. The molecule has 0 aliphatic heterocycles. The molecule has 0 spiro atoms. The summed E-state index contributed by atoms with van der Waals surface area (Å²) in [5.41, 5.74) is 1.42. The van der Waals surface area contributed by atoms with Gasteiger partial charge in [-0.2, -0.15) is 4.98 Å². The Bertz CT molecular complexity index is 1070. The zero-order chi connectivity index (χ0) is 23.3. The van der Waals surface area contributed by atoms with E-state index in [-0.39, 0.29) is 6.09 Å². The van der Waals surface area contributed by atoms with Gasteiger partial charge in [-0.05, 0) is 76.6 Å². The maximum atomic E-state index is 11.9. The van der Waals surface area contributed by atoms with Crippen LogP contribution in [-0.2, 0) is 4.74 Å². The number of amides is 1. The van der Waals surface area contributed by atoms with E-state index in [9.17, 15) is 4.79 Å². The van der Waals surface area contributed by atoms with Crippen LogP contribution in [0.4, 0.5) is 22.2 Å². The molecule has 0 atom stereocenters. The lowest BCUT2D eigenvalue weighted by Crippen LogP contribution is -2.37. The SMILES string of the molecule is CC(C)(C)OC(=O)NCC1CCC(Nc2nc(Nc3ccccc3)c3ccccc3n2)CC1. The quantitative estimate of drug-likeness (QED) is 0.438. The predicted octanol–water partition coefficient (Wildman–Crippen LogP) is 5.87. The van der Waals surface area contributed by atoms with Gasteiger partial charge >= 0.3 is 6.09 Å². The molecule has 1 saturated carbocycles. The second kappa shape index (κ2) is 10.1. The molecule has 1 aromatic heterocycles. The molecule has 33 heavy (non-hydrogen) atoms. The minimum Gasteiger partial charge on any atom is -0.444 e. The van der Waals surface area contributed by atoms with Gasteiger partial charge in [-0.3, -0.25) is 0 Å². The van der Waals surface area contributed by atoms with E-state index in [1.54, 1.807) is 0 Å². The number of carbonyl (C=O) groups is 1. The number of hydrogen-bond donors (Lipinski definition) is 3. The summed E-state index contributed by atoms with van der Waals surface area (Å²) < 4.78 is 5.33. The predicted molar refractivity (Wildman–Crippen MR) is 133 cm³/mol. The Morgan fingerprint density at radius 2 is 1.67 bits per heavy atom. The van der Waals surface area contributed by atoms with Crippen LogP contribution in [0.1, 0.15) is 46.5 Å². The first-order valence-electron chi connectivity index (χ1n) is 11.7. The van der Waals surface area contributed by atoms with Gasteiger partial charge in [0, 0.05) is 23.7 Å². The topological polar surface area (TPSA) is 88.2 Å². The number of nitrogens with one attached hydrogen (secondary N) is 3. The first kappa shape index (κ1) is 22.8. The molecular formula is C26H33N5O2. The zero-order valence-electron chi connectivity index (χ0n) is 19.6. The van der Waals surface area contributed by atoms with Crippen molar-refractivity contribution in [2.75, 3.05) is 17.2 Å². The summed E-state index contributed by atoms with van der Waals surface area (Å²) >= 11 is 0. The fourth-order valence-corrected chi connectivity index (χ4v) is 4.13. The molecular weight excluding hydrogens is 414 g/mol. The molecule has 0 unspecified atom stereocenters. The third-order valence-corrected chi connectivity index (χ3v) is 5.75. The smallest absolute Gasteiger partial charge is 0.407 e. The van der Waals surface area contributed by atoms with Crippen LogP contribution in [-0.4, -0.2) is 34.2 Å². The monoisotopic (exact) mass is 447 g/mol. The zero-order valence-corrected chi connectivity index (χ0v) is 19.6. The summed E-state index contributed by atoms with van der Waals surface area (Å²) in [4.78, 5) is 21.5. The molecule has 2 aromatic carbocycles. The Morgan fingerprint density at radius 1 is 0.970 bits per heavy atom. The first-order valence-corrected chi connectivity index (χ1v) is 11.7. The van der Waals surface area contributed by atoms with Crippen molar-refractivity contribution in [1.82, 2.24) is 15.3 Å². The molecule has 0 radical (unpaired) electrons. The van der Waals surface area contributed by atoms with Gasteiger partial charge < -0.3 is 20.7 Å². The first-order chi connectivity index (χ1) is 15.9. The summed E-state index contributed by atoms with van der Waals surface area (Å²) in [6, 6.07) is 18.4. The van der Waals surface area contributed by atoms with Crippen LogP contribution >= 0.6 is 0 Å². The minimum atomic E-state index is -0.472. The van der Waals surface area contributed by atoms with Gasteiger partial charge in [0.2, 0.25) is 5.95 Å². The normalized spacial score (nSPS) is 18.5. The van der Waals surface area contributed by atoms with Crippen molar-refractivity contribution in [2.24, 2.45) is 5.92 Å². The third-order valence-electron chi connectivity index (χ3n) is 5.75.